The van der Waals surface area contributed by atoms with Gasteiger partial charge in [-0.25, -0.2) is 0 Å². The Morgan fingerprint density at radius 3 is 2.41 bits per heavy atom. The van der Waals surface area contributed by atoms with Gasteiger partial charge < -0.3 is 0 Å². The summed E-state index contributed by atoms with van der Waals surface area (Å²) in [6, 6.07) is 0. The Bertz CT molecular complexity index is 548. The molecule has 6 unspecified atom stereocenters. The molecular weight excluding hydrogens is 272 g/mol. The van der Waals surface area contributed by atoms with Crippen molar-refractivity contribution < 1.29 is 9.59 Å². The maximum absolute atomic E-state index is 13.1. The molecule has 4 aliphatic rings. The average Bonchev–Trinajstić information content (AvgIpc) is 2.65. The van der Waals surface area contributed by atoms with Gasteiger partial charge in [-0.3, -0.25) is 9.59 Å². The van der Waals surface area contributed by atoms with Crippen molar-refractivity contribution in [2.45, 2.75) is 72.6 Å². The molecule has 0 aliphatic heterocycles. The van der Waals surface area contributed by atoms with Crippen LogP contribution in [0.3, 0.4) is 0 Å². The minimum absolute atomic E-state index is 0.0238. The zero-order valence-electron chi connectivity index (χ0n) is 14.6. The normalized spacial score (nSPS) is 53.1. The summed E-state index contributed by atoms with van der Waals surface area (Å²) < 4.78 is 0. The lowest BCUT2D eigenvalue weighted by Gasteiger charge is -2.62. The van der Waals surface area contributed by atoms with Crippen molar-refractivity contribution in [2.75, 3.05) is 0 Å². The van der Waals surface area contributed by atoms with E-state index < -0.39 is 0 Å². The zero-order chi connectivity index (χ0) is 15.9. The number of hydrogen-bond donors (Lipinski definition) is 0. The predicted molar refractivity (Wildman–Crippen MR) is 86.3 cm³/mol. The molecule has 0 aromatic heterocycles. The third-order valence-electron chi connectivity index (χ3n) is 8.68. The molecule has 0 amide bonds. The van der Waals surface area contributed by atoms with Gasteiger partial charge in [-0.15, -0.1) is 0 Å². The van der Waals surface area contributed by atoms with E-state index in [1.165, 1.54) is 12.8 Å². The Hall–Kier alpha value is -0.660. The second-order valence-corrected chi connectivity index (χ2v) is 9.65. The van der Waals surface area contributed by atoms with Crippen LogP contribution >= 0.6 is 0 Å². The molecule has 4 fully saturated rings. The van der Waals surface area contributed by atoms with Gasteiger partial charge in [0.15, 0.2) is 0 Å². The van der Waals surface area contributed by atoms with Crippen LogP contribution in [0.15, 0.2) is 0 Å². The summed E-state index contributed by atoms with van der Waals surface area (Å²) in [5, 5.41) is 0. The minimum Gasteiger partial charge on any atom is -0.299 e. The van der Waals surface area contributed by atoms with Gasteiger partial charge in [0.2, 0.25) is 0 Å². The van der Waals surface area contributed by atoms with Crippen molar-refractivity contribution in [3.63, 3.8) is 0 Å². The van der Waals surface area contributed by atoms with Crippen LogP contribution in [0.5, 0.6) is 0 Å². The first-order chi connectivity index (χ1) is 10.2. The fraction of sp³-hybridized carbons (Fsp3) is 0.900. The summed E-state index contributed by atoms with van der Waals surface area (Å²) in [6.45, 7) is 8.93. The Labute approximate surface area is 134 Å². The van der Waals surface area contributed by atoms with Crippen molar-refractivity contribution in [2.24, 2.45) is 39.9 Å². The van der Waals surface area contributed by atoms with E-state index >= 15 is 0 Å². The predicted octanol–water partition coefficient (Wildman–Crippen LogP) is 4.41. The van der Waals surface area contributed by atoms with E-state index in [1.807, 2.05) is 0 Å². The Morgan fingerprint density at radius 2 is 1.68 bits per heavy atom. The van der Waals surface area contributed by atoms with Crippen molar-refractivity contribution in [1.29, 1.82) is 0 Å². The molecule has 6 atom stereocenters. The average molecular weight is 302 g/mol. The Morgan fingerprint density at radius 1 is 0.955 bits per heavy atom. The maximum Gasteiger partial charge on any atom is 0.142 e. The molecule has 2 nitrogen and oxygen atoms in total. The summed E-state index contributed by atoms with van der Waals surface area (Å²) in [5.41, 5.74) is -0.0247. The van der Waals surface area contributed by atoms with Crippen LogP contribution < -0.4 is 0 Å². The molecule has 2 heteroatoms. The summed E-state index contributed by atoms with van der Waals surface area (Å²) in [5.74, 6) is 2.95. The molecule has 4 saturated carbocycles. The molecular formula is C20H30O2. The largest absolute Gasteiger partial charge is 0.299 e. The highest BCUT2D eigenvalue weighted by Crippen LogP contribution is 2.70. The van der Waals surface area contributed by atoms with E-state index in [2.05, 4.69) is 27.7 Å². The summed E-state index contributed by atoms with van der Waals surface area (Å²) >= 11 is 0. The number of carbonyl (C=O) groups excluding carboxylic acids is 2. The van der Waals surface area contributed by atoms with Crippen LogP contribution in [-0.2, 0) is 9.59 Å². The van der Waals surface area contributed by atoms with Crippen LogP contribution in [0.4, 0.5) is 0 Å². The standard InChI is InChI=1S/C20H30O2/c1-12-13-5-6-15-19(4)9-8-16(21)18(2,3)14(19)7-10-20(15,11-13)17(12)22/h12-15H,5-11H2,1-4H3. The number of rotatable bonds is 0. The number of ketones is 2. The highest BCUT2D eigenvalue weighted by molar-refractivity contribution is 5.91. The smallest absolute Gasteiger partial charge is 0.142 e. The lowest BCUT2D eigenvalue weighted by molar-refractivity contribution is -0.169. The van der Waals surface area contributed by atoms with Gasteiger partial charge in [0.1, 0.15) is 11.6 Å². The van der Waals surface area contributed by atoms with Gasteiger partial charge in [0.25, 0.3) is 0 Å². The lowest BCUT2D eigenvalue weighted by Crippen LogP contribution is -2.59. The van der Waals surface area contributed by atoms with E-state index in [0.717, 1.165) is 32.1 Å². The van der Waals surface area contributed by atoms with Crippen molar-refractivity contribution in [3.8, 4) is 0 Å². The Balaban J connectivity index is 1.78. The van der Waals surface area contributed by atoms with Crippen LogP contribution in [-0.4, -0.2) is 11.6 Å². The maximum atomic E-state index is 13.1. The monoisotopic (exact) mass is 302 g/mol. The van der Waals surface area contributed by atoms with E-state index in [1.54, 1.807) is 0 Å². The molecule has 0 heterocycles. The van der Waals surface area contributed by atoms with E-state index in [-0.39, 0.29) is 22.2 Å². The summed E-state index contributed by atoms with van der Waals surface area (Å²) in [4.78, 5) is 25.6. The van der Waals surface area contributed by atoms with Gasteiger partial charge in [-0.05, 0) is 61.7 Å². The van der Waals surface area contributed by atoms with E-state index in [4.69, 9.17) is 0 Å². The molecule has 22 heavy (non-hydrogen) atoms. The minimum atomic E-state index is -0.196. The highest BCUT2D eigenvalue weighted by atomic mass is 16.1. The number of fused-ring (bicyclic) bond motifs is 3. The summed E-state index contributed by atoms with van der Waals surface area (Å²) in [6.07, 6.45) is 7.46. The van der Waals surface area contributed by atoms with E-state index in [0.29, 0.717) is 29.3 Å². The van der Waals surface area contributed by atoms with Gasteiger partial charge in [0, 0.05) is 23.2 Å². The van der Waals surface area contributed by atoms with Crippen LogP contribution in [0.1, 0.15) is 72.6 Å². The van der Waals surface area contributed by atoms with Gasteiger partial charge >= 0.3 is 0 Å². The van der Waals surface area contributed by atoms with Gasteiger partial charge in [-0.1, -0.05) is 27.7 Å². The topological polar surface area (TPSA) is 34.1 Å². The molecule has 1 spiro atoms. The first-order valence-corrected chi connectivity index (χ1v) is 9.31. The molecule has 122 valence electrons. The molecule has 0 radical (unpaired) electrons. The molecule has 2 bridgehead atoms. The molecule has 0 N–H and O–H groups in total. The van der Waals surface area contributed by atoms with E-state index in [9.17, 15) is 9.59 Å². The number of hydrogen-bond acceptors (Lipinski definition) is 2. The molecule has 0 aromatic carbocycles. The van der Waals surface area contributed by atoms with Crippen LogP contribution in [0, 0.1) is 39.9 Å². The molecule has 0 aromatic rings. The second-order valence-electron chi connectivity index (χ2n) is 9.65. The lowest BCUT2D eigenvalue weighted by atomic mass is 9.41. The summed E-state index contributed by atoms with van der Waals surface area (Å²) in [7, 11) is 0. The van der Waals surface area contributed by atoms with Crippen molar-refractivity contribution in [1.82, 2.24) is 0 Å². The fourth-order valence-corrected chi connectivity index (χ4v) is 7.50. The highest BCUT2D eigenvalue weighted by Gasteiger charge is 2.67. The van der Waals surface area contributed by atoms with Crippen LogP contribution in [0.2, 0.25) is 0 Å². The zero-order valence-corrected chi connectivity index (χ0v) is 14.6. The third-order valence-corrected chi connectivity index (χ3v) is 8.68. The molecule has 4 aliphatic carbocycles. The van der Waals surface area contributed by atoms with Gasteiger partial charge in [0.05, 0.1) is 0 Å². The fourth-order valence-electron chi connectivity index (χ4n) is 7.50. The first-order valence-electron chi connectivity index (χ1n) is 9.31. The van der Waals surface area contributed by atoms with Crippen molar-refractivity contribution >= 4 is 11.6 Å². The van der Waals surface area contributed by atoms with Crippen molar-refractivity contribution in [3.05, 3.63) is 0 Å². The molecule has 0 saturated heterocycles. The van der Waals surface area contributed by atoms with Crippen LogP contribution in [0.25, 0.3) is 0 Å². The first kappa shape index (κ1) is 14.9. The quantitative estimate of drug-likeness (QED) is 0.664. The number of carbonyl (C=O) groups is 2. The SMILES string of the molecule is CC1C(=O)C23CCC4C(C)(C)C(=O)CCC4(C)C2CCC1C3. The molecule has 4 rings (SSSR count). The Kier molecular flexibility index (Phi) is 2.87. The van der Waals surface area contributed by atoms with Gasteiger partial charge in [-0.2, -0.15) is 0 Å². The number of Topliss-reactive ketones (excluding diaryl/α,β-unsaturated/α-hetero) is 2. The second kappa shape index (κ2) is 4.24. The third kappa shape index (κ3) is 1.52.